The first-order valence-electron chi connectivity index (χ1n) is 3.94. The van der Waals surface area contributed by atoms with Gasteiger partial charge in [-0.05, 0) is 30.5 Å². The Morgan fingerprint density at radius 3 is 2.82 bits per heavy atom. The second-order valence-electron chi connectivity index (χ2n) is 2.72. The summed E-state index contributed by atoms with van der Waals surface area (Å²) in [5.74, 6) is 0. The van der Waals surface area contributed by atoms with Crippen LogP contribution in [-0.4, -0.2) is 4.98 Å². The number of hydrogen-bond donors (Lipinski definition) is 1. The Balaban J connectivity index is 3.02. The molecule has 2 N–H and O–H groups in total. The minimum absolute atomic E-state index is 0.118. The van der Waals surface area contributed by atoms with E-state index in [9.17, 15) is 0 Å². The maximum absolute atomic E-state index is 5.76. The van der Waals surface area contributed by atoms with Crippen molar-refractivity contribution in [1.29, 1.82) is 0 Å². The summed E-state index contributed by atoms with van der Waals surface area (Å²) >= 11 is 0. The van der Waals surface area contributed by atoms with Crippen molar-refractivity contribution in [1.82, 2.24) is 4.98 Å². The highest BCUT2D eigenvalue weighted by atomic mass is 14.6. The van der Waals surface area contributed by atoms with Crippen molar-refractivity contribution in [3.63, 3.8) is 0 Å². The Morgan fingerprint density at radius 2 is 2.36 bits per heavy atom. The number of hydrogen-bond acceptors (Lipinski definition) is 2. The Hall–Kier alpha value is -0.890. The number of aromatic nitrogens is 1. The Kier molecular flexibility index (Phi) is 2.60. The van der Waals surface area contributed by atoms with Gasteiger partial charge < -0.3 is 5.73 Å². The molecule has 1 atom stereocenters. The van der Waals surface area contributed by atoms with Gasteiger partial charge in [-0.25, -0.2) is 0 Å². The van der Waals surface area contributed by atoms with Crippen LogP contribution in [0, 0.1) is 0 Å². The van der Waals surface area contributed by atoms with Gasteiger partial charge in [0.25, 0.3) is 0 Å². The first-order chi connectivity index (χ1) is 5.25. The Bertz CT molecular complexity index is 231. The van der Waals surface area contributed by atoms with E-state index < -0.39 is 0 Å². The first-order valence-corrected chi connectivity index (χ1v) is 3.94. The van der Waals surface area contributed by atoms with E-state index in [4.69, 9.17) is 5.73 Å². The molecule has 1 aromatic heterocycles. The summed E-state index contributed by atoms with van der Waals surface area (Å²) in [6.45, 7) is 4.11. The van der Waals surface area contributed by atoms with E-state index in [0.29, 0.717) is 0 Å². The molecule has 1 heterocycles. The molecule has 1 rings (SSSR count). The molecule has 0 saturated carbocycles. The van der Waals surface area contributed by atoms with E-state index in [0.717, 1.165) is 6.42 Å². The molecule has 0 aliphatic rings. The van der Waals surface area contributed by atoms with E-state index in [-0.39, 0.29) is 6.04 Å². The SMILES string of the molecule is CCc1cnccc1[C@H](C)N. The molecular weight excluding hydrogens is 136 g/mol. The average molecular weight is 150 g/mol. The quantitative estimate of drug-likeness (QED) is 0.696. The van der Waals surface area contributed by atoms with Crippen LogP contribution < -0.4 is 5.73 Å². The van der Waals surface area contributed by atoms with Crippen LogP contribution in [0.25, 0.3) is 0 Å². The van der Waals surface area contributed by atoms with Crippen LogP contribution in [0.3, 0.4) is 0 Å². The highest BCUT2D eigenvalue weighted by Gasteiger charge is 2.03. The topological polar surface area (TPSA) is 38.9 Å². The Morgan fingerprint density at radius 1 is 1.64 bits per heavy atom. The first kappa shape index (κ1) is 8.21. The highest BCUT2D eigenvalue weighted by molar-refractivity contribution is 5.25. The second kappa shape index (κ2) is 3.49. The average Bonchev–Trinajstić information content (AvgIpc) is 2.04. The molecule has 60 valence electrons. The smallest absolute Gasteiger partial charge is 0.0303 e. The fraction of sp³-hybridized carbons (Fsp3) is 0.444. The molecule has 2 heteroatoms. The summed E-state index contributed by atoms with van der Waals surface area (Å²) in [6.07, 6.45) is 4.68. The molecule has 0 radical (unpaired) electrons. The fourth-order valence-electron chi connectivity index (χ4n) is 1.18. The van der Waals surface area contributed by atoms with E-state index in [2.05, 4.69) is 11.9 Å². The van der Waals surface area contributed by atoms with E-state index in [1.165, 1.54) is 11.1 Å². The molecule has 0 fully saturated rings. The van der Waals surface area contributed by atoms with Crippen molar-refractivity contribution in [2.75, 3.05) is 0 Å². The van der Waals surface area contributed by atoms with Crippen LogP contribution in [0.5, 0.6) is 0 Å². The van der Waals surface area contributed by atoms with Crippen LogP contribution in [0.15, 0.2) is 18.5 Å². The standard InChI is InChI=1S/C9H14N2/c1-3-8-6-11-5-4-9(8)7(2)10/h4-7H,3,10H2,1-2H3/t7-/m0/s1. The van der Waals surface area contributed by atoms with Crippen LogP contribution in [0.1, 0.15) is 31.0 Å². The van der Waals surface area contributed by atoms with Gasteiger partial charge in [-0.2, -0.15) is 0 Å². The number of nitrogens with zero attached hydrogens (tertiary/aromatic N) is 1. The maximum Gasteiger partial charge on any atom is 0.0303 e. The third-order valence-electron chi connectivity index (χ3n) is 1.81. The lowest BCUT2D eigenvalue weighted by atomic mass is 10.0. The molecular formula is C9H14N2. The molecule has 0 unspecified atom stereocenters. The van der Waals surface area contributed by atoms with Crippen LogP contribution in [-0.2, 0) is 6.42 Å². The van der Waals surface area contributed by atoms with Crippen LogP contribution in [0.2, 0.25) is 0 Å². The van der Waals surface area contributed by atoms with Crippen molar-refractivity contribution in [2.24, 2.45) is 5.73 Å². The molecule has 0 aliphatic carbocycles. The number of nitrogens with two attached hydrogens (primary N) is 1. The summed E-state index contributed by atoms with van der Waals surface area (Å²) in [6, 6.07) is 2.11. The molecule has 0 saturated heterocycles. The van der Waals surface area contributed by atoms with Crippen LogP contribution >= 0.6 is 0 Å². The summed E-state index contributed by atoms with van der Waals surface area (Å²) in [4.78, 5) is 4.04. The number of pyridine rings is 1. The highest BCUT2D eigenvalue weighted by Crippen LogP contribution is 2.14. The fourth-order valence-corrected chi connectivity index (χ4v) is 1.18. The van der Waals surface area contributed by atoms with Gasteiger partial charge in [0.2, 0.25) is 0 Å². The predicted molar refractivity (Wildman–Crippen MR) is 46.2 cm³/mol. The summed E-state index contributed by atoms with van der Waals surface area (Å²) in [5.41, 5.74) is 8.23. The minimum Gasteiger partial charge on any atom is -0.324 e. The predicted octanol–water partition coefficient (Wildman–Crippen LogP) is 1.66. The summed E-state index contributed by atoms with van der Waals surface area (Å²) in [7, 11) is 0. The molecule has 0 bridgehead atoms. The van der Waals surface area contributed by atoms with Crippen molar-refractivity contribution in [2.45, 2.75) is 26.3 Å². The minimum atomic E-state index is 0.118. The third-order valence-corrected chi connectivity index (χ3v) is 1.81. The van der Waals surface area contributed by atoms with Crippen LogP contribution in [0.4, 0.5) is 0 Å². The largest absolute Gasteiger partial charge is 0.324 e. The zero-order chi connectivity index (χ0) is 8.27. The van der Waals surface area contributed by atoms with Gasteiger partial charge in [-0.1, -0.05) is 6.92 Å². The monoisotopic (exact) mass is 150 g/mol. The number of rotatable bonds is 2. The van der Waals surface area contributed by atoms with Gasteiger partial charge in [0.05, 0.1) is 0 Å². The van der Waals surface area contributed by atoms with Gasteiger partial charge in [-0.3, -0.25) is 4.98 Å². The van der Waals surface area contributed by atoms with Gasteiger partial charge in [0, 0.05) is 18.4 Å². The molecule has 0 spiro atoms. The van der Waals surface area contributed by atoms with E-state index >= 15 is 0 Å². The van der Waals surface area contributed by atoms with E-state index in [1.54, 1.807) is 6.20 Å². The van der Waals surface area contributed by atoms with Crippen molar-refractivity contribution in [3.05, 3.63) is 29.6 Å². The molecule has 0 aromatic carbocycles. The second-order valence-corrected chi connectivity index (χ2v) is 2.72. The van der Waals surface area contributed by atoms with Crippen molar-refractivity contribution >= 4 is 0 Å². The zero-order valence-corrected chi connectivity index (χ0v) is 7.04. The molecule has 1 aromatic rings. The van der Waals surface area contributed by atoms with E-state index in [1.807, 2.05) is 19.2 Å². The Labute approximate surface area is 67.5 Å². The number of aryl methyl sites for hydroxylation is 1. The van der Waals surface area contributed by atoms with Crippen molar-refractivity contribution in [3.8, 4) is 0 Å². The summed E-state index contributed by atoms with van der Waals surface area (Å²) in [5, 5.41) is 0. The zero-order valence-electron chi connectivity index (χ0n) is 7.04. The molecule has 11 heavy (non-hydrogen) atoms. The lowest BCUT2D eigenvalue weighted by Gasteiger charge is -2.09. The van der Waals surface area contributed by atoms with Gasteiger partial charge in [-0.15, -0.1) is 0 Å². The third kappa shape index (κ3) is 1.77. The summed E-state index contributed by atoms with van der Waals surface area (Å²) < 4.78 is 0. The normalized spacial score (nSPS) is 13.0. The molecule has 0 amide bonds. The van der Waals surface area contributed by atoms with Gasteiger partial charge in [0.1, 0.15) is 0 Å². The molecule has 0 aliphatic heterocycles. The lowest BCUT2D eigenvalue weighted by molar-refractivity contribution is 0.797. The van der Waals surface area contributed by atoms with Gasteiger partial charge >= 0.3 is 0 Å². The maximum atomic E-state index is 5.76. The molecule has 2 nitrogen and oxygen atoms in total. The van der Waals surface area contributed by atoms with Gasteiger partial charge in [0.15, 0.2) is 0 Å². The lowest BCUT2D eigenvalue weighted by Crippen LogP contribution is -2.08. The van der Waals surface area contributed by atoms with Crippen molar-refractivity contribution < 1.29 is 0 Å².